The van der Waals surface area contributed by atoms with Crippen LogP contribution in [-0.4, -0.2) is 0 Å². The summed E-state index contributed by atoms with van der Waals surface area (Å²) in [6, 6.07) is 0. The van der Waals surface area contributed by atoms with Gasteiger partial charge in [0.15, 0.2) is 0 Å². The van der Waals surface area contributed by atoms with E-state index in [1.165, 1.54) is 185 Å². The molecule has 0 heteroatoms. The molecule has 0 aromatic rings. The summed E-state index contributed by atoms with van der Waals surface area (Å²) in [4.78, 5) is 0. The zero-order valence-corrected chi connectivity index (χ0v) is 32.8. The summed E-state index contributed by atoms with van der Waals surface area (Å²) in [5.41, 5.74) is 4.76. The normalized spacial score (nSPS) is 13.3. The maximum atomic E-state index is 4.51. The molecule has 0 saturated heterocycles. The molecule has 44 heavy (non-hydrogen) atoms. The van der Waals surface area contributed by atoms with Crippen molar-refractivity contribution >= 4 is 0 Å². The third kappa shape index (κ3) is 34.1. The summed E-state index contributed by atoms with van der Waals surface area (Å²) < 4.78 is 0. The first-order valence-corrected chi connectivity index (χ1v) is 20.1. The molecule has 0 aromatic carbocycles. The number of hydrogen-bond acceptors (Lipinski definition) is 0. The summed E-state index contributed by atoms with van der Waals surface area (Å²) in [6.07, 6.45) is 36.8. The van der Waals surface area contributed by atoms with Crippen LogP contribution in [0.15, 0.2) is 36.5 Å². The Bertz CT molecular complexity index is 570. The first-order valence-electron chi connectivity index (χ1n) is 20.1. The third-order valence-corrected chi connectivity index (χ3v) is 9.42. The number of rotatable bonds is 22. The average Bonchev–Trinajstić information content (AvgIpc) is 3.29. The lowest BCUT2D eigenvalue weighted by Crippen LogP contribution is -2.20. The van der Waals surface area contributed by atoms with E-state index in [2.05, 4.69) is 82.1 Å². The average molecular weight is 617 g/mol. The second-order valence-electron chi connectivity index (χ2n) is 14.5. The van der Waals surface area contributed by atoms with Crippen molar-refractivity contribution in [1.82, 2.24) is 0 Å². The van der Waals surface area contributed by atoms with Crippen LogP contribution >= 0.6 is 0 Å². The Morgan fingerprint density at radius 3 is 1.16 bits per heavy atom. The molecule has 0 aliphatic heterocycles. The van der Waals surface area contributed by atoms with Gasteiger partial charge in [0.25, 0.3) is 0 Å². The summed E-state index contributed by atoms with van der Waals surface area (Å²) in [6.45, 7) is 32.7. The molecule has 0 aromatic heterocycles. The van der Waals surface area contributed by atoms with E-state index in [9.17, 15) is 0 Å². The monoisotopic (exact) mass is 617 g/mol. The molecule has 0 N–H and O–H groups in total. The Labute approximate surface area is 282 Å². The number of allylic oxidation sites excluding steroid dienone is 3. The first-order chi connectivity index (χ1) is 21.1. The highest BCUT2D eigenvalue weighted by molar-refractivity contribution is 5.01. The second kappa shape index (κ2) is 36.7. The van der Waals surface area contributed by atoms with Crippen LogP contribution in [0.1, 0.15) is 236 Å². The maximum Gasteiger partial charge on any atom is -0.0206 e. The molecule has 1 aliphatic carbocycles. The van der Waals surface area contributed by atoms with Gasteiger partial charge in [0.05, 0.1) is 0 Å². The first kappa shape index (κ1) is 47.6. The van der Waals surface area contributed by atoms with Gasteiger partial charge in [-0.25, -0.2) is 0 Å². The molecule has 0 amide bonds. The second-order valence-corrected chi connectivity index (χ2v) is 14.5. The number of hydrogen-bond donors (Lipinski definition) is 0. The van der Waals surface area contributed by atoms with Gasteiger partial charge in [-0.05, 0) is 95.8 Å². The molecule has 264 valence electrons. The smallest absolute Gasteiger partial charge is 0.0206 e. The molecule has 1 fully saturated rings. The van der Waals surface area contributed by atoms with Crippen molar-refractivity contribution < 1.29 is 0 Å². The molecule has 0 heterocycles. The van der Waals surface area contributed by atoms with Gasteiger partial charge in [0, 0.05) is 0 Å². The van der Waals surface area contributed by atoms with Crippen LogP contribution in [0.5, 0.6) is 0 Å². The lowest BCUT2D eigenvalue weighted by molar-refractivity contribution is 0.192. The van der Waals surface area contributed by atoms with Crippen molar-refractivity contribution in [3.63, 3.8) is 0 Å². The van der Waals surface area contributed by atoms with E-state index in [0.717, 1.165) is 5.92 Å². The van der Waals surface area contributed by atoms with E-state index < -0.39 is 0 Å². The predicted octanol–water partition coefficient (Wildman–Crippen LogP) is 16.9. The number of unbranched alkanes of at least 4 members (excludes halogenated alkanes) is 8. The van der Waals surface area contributed by atoms with E-state index in [1.807, 2.05) is 0 Å². The fraction of sp³-hybridized carbons (Fsp3) is 0.864. The van der Waals surface area contributed by atoms with Gasteiger partial charge in [-0.3, -0.25) is 0 Å². The molecule has 0 atom stereocenters. The van der Waals surface area contributed by atoms with Gasteiger partial charge in [-0.2, -0.15) is 0 Å². The Kier molecular flexibility index (Phi) is 39.7. The van der Waals surface area contributed by atoms with Gasteiger partial charge >= 0.3 is 0 Å². The fourth-order valence-electron chi connectivity index (χ4n) is 6.37. The molecule has 1 saturated carbocycles. The van der Waals surface area contributed by atoms with Gasteiger partial charge in [-0.1, -0.05) is 174 Å². The van der Waals surface area contributed by atoms with Crippen LogP contribution < -0.4 is 0 Å². The summed E-state index contributed by atoms with van der Waals surface area (Å²) in [5.74, 6) is 0.815. The van der Waals surface area contributed by atoms with E-state index in [4.69, 9.17) is 0 Å². The quantitative estimate of drug-likeness (QED) is 0.0645. The van der Waals surface area contributed by atoms with Gasteiger partial charge in [0.2, 0.25) is 0 Å². The minimum Gasteiger partial charge on any atom is -0.100 e. The van der Waals surface area contributed by atoms with Crippen LogP contribution in [0.3, 0.4) is 0 Å². The Balaban J connectivity index is -0.000000805. The minimum atomic E-state index is 0.522. The van der Waals surface area contributed by atoms with Crippen molar-refractivity contribution in [3.8, 4) is 0 Å². The van der Waals surface area contributed by atoms with Crippen molar-refractivity contribution in [2.24, 2.45) is 11.3 Å². The van der Waals surface area contributed by atoms with E-state index in [-0.39, 0.29) is 0 Å². The van der Waals surface area contributed by atoms with Crippen molar-refractivity contribution in [3.05, 3.63) is 36.5 Å². The molecule has 1 rings (SSSR count). The molecule has 0 radical (unpaired) electrons. The summed E-state index contributed by atoms with van der Waals surface area (Å²) >= 11 is 0. The molecule has 0 bridgehead atoms. The molecule has 0 spiro atoms. The largest absolute Gasteiger partial charge is 0.100 e. The van der Waals surface area contributed by atoms with Gasteiger partial charge in [-0.15, -0.1) is 13.2 Å². The van der Waals surface area contributed by atoms with Crippen molar-refractivity contribution in [2.75, 3.05) is 0 Å². The van der Waals surface area contributed by atoms with Crippen molar-refractivity contribution in [1.29, 1.82) is 0 Å². The summed E-state index contributed by atoms with van der Waals surface area (Å²) in [5, 5.41) is 0. The maximum absolute atomic E-state index is 4.51. The van der Waals surface area contributed by atoms with E-state index in [1.54, 1.807) is 5.57 Å². The van der Waals surface area contributed by atoms with Crippen LogP contribution in [-0.2, 0) is 0 Å². The predicted molar refractivity (Wildman–Crippen MR) is 209 cm³/mol. The highest BCUT2D eigenvalue weighted by Crippen LogP contribution is 2.41. The van der Waals surface area contributed by atoms with Crippen LogP contribution in [0.4, 0.5) is 0 Å². The summed E-state index contributed by atoms with van der Waals surface area (Å²) in [7, 11) is 0. The fourth-order valence-corrected chi connectivity index (χ4v) is 6.37. The van der Waals surface area contributed by atoms with E-state index in [0.29, 0.717) is 5.41 Å². The van der Waals surface area contributed by atoms with Crippen LogP contribution in [0, 0.1) is 11.3 Å². The standard InChI is InChI=1S/C27H48.C8H18.C6H14.C3H8/c1-7-27(20-12-15-23(2)3,21-13-16-24(4)5)22-14-17-25(6)26-18-10-8-9-11-19-26;1-3-5-7-8-6-4-2;1-3-5-6-4-2;1-3-2/h26H,2,4,6-22H2,1,3,5H3;3-8H2,1-2H3;3-6H2,1-2H3;3H2,1-2H3. The molecule has 1 aliphatic rings. The zero-order chi connectivity index (χ0) is 33.9. The molecule has 0 nitrogen and oxygen atoms in total. The molecule has 0 unspecified atom stereocenters. The SMILES string of the molecule is C=C(C)CCCC(CC)(CCCC(=C)C)CCCC(=C)C1CCCCCC1.CCC.CCCCCC.CCCCCCCC. The lowest BCUT2D eigenvalue weighted by Gasteiger charge is -2.34. The van der Waals surface area contributed by atoms with Gasteiger partial charge in [0.1, 0.15) is 0 Å². The van der Waals surface area contributed by atoms with Crippen LogP contribution in [0.2, 0.25) is 0 Å². The Morgan fingerprint density at radius 1 is 0.500 bits per heavy atom. The third-order valence-electron chi connectivity index (χ3n) is 9.42. The van der Waals surface area contributed by atoms with E-state index >= 15 is 0 Å². The lowest BCUT2D eigenvalue weighted by atomic mass is 9.71. The molecular formula is C44H88. The Morgan fingerprint density at radius 2 is 0.841 bits per heavy atom. The molecular weight excluding hydrogens is 528 g/mol. The highest BCUT2D eigenvalue weighted by atomic mass is 14.3. The van der Waals surface area contributed by atoms with Gasteiger partial charge < -0.3 is 0 Å². The zero-order valence-electron chi connectivity index (χ0n) is 32.8. The minimum absolute atomic E-state index is 0.522. The highest BCUT2D eigenvalue weighted by Gasteiger charge is 2.27. The topological polar surface area (TPSA) is 0 Å². The Hall–Kier alpha value is -0.780. The van der Waals surface area contributed by atoms with Crippen molar-refractivity contribution in [2.45, 2.75) is 236 Å². The van der Waals surface area contributed by atoms with Crippen LogP contribution in [0.25, 0.3) is 0 Å².